The van der Waals surface area contributed by atoms with E-state index in [2.05, 4.69) is 36.5 Å². The third-order valence-corrected chi connectivity index (χ3v) is 3.40. The summed E-state index contributed by atoms with van der Waals surface area (Å²) >= 11 is 0. The highest BCUT2D eigenvalue weighted by atomic mass is 16.5. The Morgan fingerprint density at radius 1 is 1.00 bits per heavy atom. The number of hydrogen-bond donors (Lipinski definition) is 1. The summed E-state index contributed by atoms with van der Waals surface area (Å²) in [6, 6.07) is 14.4. The molecule has 0 saturated heterocycles. The molecule has 0 radical (unpaired) electrons. The van der Waals surface area contributed by atoms with Gasteiger partial charge in [0.05, 0.1) is 14.2 Å². The van der Waals surface area contributed by atoms with Crippen molar-refractivity contribution in [2.45, 2.75) is 19.9 Å². The summed E-state index contributed by atoms with van der Waals surface area (Å²) in [5, 5.41) is 3.43. The predicted octanol–water partition coefficient (Wildman–Crippen LogP) is 3.87. The molecule has 0 spiro atoms. The van der Waals surface area contributed by atoms with Crippen LogP contribution in [0.25, 0.3) is 11.1 Å². The molecule has 0 unspecified atom stereocenters. The first kappa shape index (κ1) is 15.4. The summed E-state index contributed by atoms with van der Waals surface area (Å²) in [6.45, 7) is 4.09. The number of nitrogens with one attached hydrogen (secondary N) is 1. The first-order valence-electron chi connectivity index (χ1n) is 7.30. The van der Waals surface area contributed by atoms with E-state index in [1.807, 2.05) is 18.2 Å². The molecule has 0 amide bonds. The normalized spacial score (nSPS) is 10.4. The monoisotopic (exact) mass is 285 g/mol. The lowest BCUT2D eigenvalue weighted by Crippen LogP contribution is -2.13. The Balaban J connectivity index is 2.30. The Kier molecular flexibility index (Phi) is 5.64. The summed E-state index contributed by atoms with van der Waals surface area (Å²) in [6.07, 6.45) is 1.14. The second-order valence-electron chi connectivity index (χ2n) is 4.94. The summed E-state index contributed by atoms with van der Waals surface area (Å²) in [5.74, 6) is 1.69. The molecule has 3 nitrogen and oxygen atoms in total. The van der Waals surface area contributed by atoms with Gasteiger partial charge in [0.25, 0.3) is 0 Å². The molecule has 0 atom stereocenters. The molecule has 112 valence electrons. The number of ether oxygens (including phenoxy) is 2. The molecule has 0 aliphatic heterocycles. The lowest BCUT2D eigenvalue weighted by atomic mass is 10.0. The van der Waals surface area contributed by atoms with Crippen molar-refractivity contribution in [3.63, 3.8) is 0 Å². The van der Waals surface area contributed by atoms with E-state index < -0.39 is 0 Å². The average Bonchev–Trinajstić information content (AvgIpc) is 2.55. The lowest BCUT2D eigenvalue weighted by Gasteiger charge is -2.12. The fourth-order valence-electron chi connectivity index (χ4n) is 2.30. The van der Waals surface area contributed by atoms with Gasteiger partial charge in [-0.05, 0) is 48.4 Å². The Morgan fingerprint density at radius 2 is 1.86 bits per heavy atom. The van der Waals surface area contributed by atoms with Crippen molar-refractivity contribution in [1.29, 1.82) is 0 Å². The van der Waals surface area contributed by atoms with E-state index in [9.17, 15) is 0 Å². The van der Waals surface area contributed by atoms with Gasteiger partial charge in [0.15, 0.2) is 0 Å². The van der Waals surface area contributed by atoms with Crippen LogP contribution in [-0.2, 0) is 6.54 Å². The van der Waals surface area contributed by atoms with Crippen LogP contribution in [0.5, 0.6) is 11.5 Å². The fourth-order valence-corrected chi connectivity index (χ4v) is 2.30. The average molecular weight is 285 g/mol. The molecule has 21 heavy (non-hydrogen) atoms. The zero-order valence-corrected chi connectivity index (χ0v) is 13.0. The fraction of sp³-hybridized carbons (Fsp3) is 0.333. The Labute approximate surface area is 126 Å². The summed E-state index contributed by atoms with van der Waals surface area (Å²) in [5.41, 5.74) is 3.46. The van der Waals surface area contributed by atoms with E-state index in [0.717, 1.165) is 42.1 Å². The van der Waals surface area contributed by atoms with Crippen LogP contribution in [0.3, 0.4) is 0 Å². The van der Waals surface area contributed by atoms with Crippen molar-refractivity contribution in [1.82, 2.24) is 5.32 Å². The first-order valence-corrected chi connectivity index (χ1v) is 7.30. The second kappa shape index (κ2) is 7.70. The van der Waals surface area contributed by atoms with Crippen LogP contribution < -0.4 is 14.8 Å². The minimum absolute atomic E-state index is 0.834. The topological polar surface area (TPSA) is 30.5 Å². The molecular weight excluding hydrogens is 262 g/mol. The quantitative estimate of drug-likeness (QED) is 0.783. The molecule has 2 aromatic carbocycles. The third-order valence-electron chi connectivity index (χ3n) is 3.40. The van der Waals surface area contributed by atoms with Crippen molar-refractivity contribution >= 4 is 0 Å². The third kappa shape index (κ3) is 3.99. The smallest absolute Gasteiger partial charge is 0.126 e. The van der Waals surface area contributed by atoms with Gasteiger partial charge in [0, 0.05) is 12.1 Å². The van der Waals surface area contributed by atoms with Crippen LogP contribution in [0.4, 0.5) is 0 Å². The van der Waals surface area contributed by atoms with Crippen molar-refractivity contribution in [2.75, 3.05) is 20.8 Å². The van der Waals surface area contributed by atoms with Crippen LogP contribution in [-0.4, -0.2) is 20.8 Å². The molecule has 1 N–H and O–H groups in total. The van der Waals surface area contributed by atoms with Gasteiger partial charge in [0.1, 0.15) is 11.5 Å². The standard InChI is InChI=1S/C18H23NO2/c1-4-10-19-13-14-6-5-7-15(11-14)17-12-16(20-2)8-9-18(17)21-3/h5-9,11-12,19H,4,10,13H2,1-3H3. The number of methoxy groups -OCH3 is 2. The lowest BCUT2D eigenvalue weighted by molar-refractivity contribution is 0.404. The van der Waals surface area contributed by atoms with Gasteiger partial charge < -0.3 is 14.8 Å². The summed E-state index contributed by atoms with van der Waals surface area (Å²) < 4.78 is 10.8. The number of hydrogen-bond acceptors (Lipinski definition) is 3. The Bertz CT molecular complexity index is 581. The SMILES string of the molecule is CCCNCc1cccc(-c2cc(OC)ccc2OC)c1. The van der Waals surface area contributed by atoms with Crippen molar-refractivity contribution in [3.05, 3.63) is 48.0 Å². The maximum Gasteiger partial charge on any atom is 0.126 e. The molecule has 2 rings (SSSR count). The van der Waals surface area contributed by atoms with E-state index >= 15 is 0 Å². The zero-order chi connectivity index (χ0) is 15.1. The maximum absolute atomic E-state index is 5.47. The second-order valence-corrected chi connectivity index (χ2v) is 4.94. The van der Waals surface area contributed by atoms with E-state index in [4.69, 9.17) is 9.47 Å². The van der Waals surface area contributed by atoms with E-state index in [1.54, 1.807) is 14.2 Å². The highest BCUT2D eigenvalue weighted by Crippen LogP contribution is 2.33. The van der Waals surface area contributed by atoms with Gasteiger partial charge in [-0.25, -0.2) is 0 Å². The molecule has 3 heteroatoms. The van der Waals surface area contributed by atoms with Crippen molar-refractivity contribution in [3.8, 4) is 22.6 Å². The first-order chi connectivity index (χ1) is 10.3. The minimum Gasteiger partial charge on any atom is -0.497 e. The largest absolute Gasteiger partial charge is 0.497 e. The van der Waals surface area contributed by atoms with E-state index in [0.29, 0.717) is 0 Å². The predicted molar refractivity (Wildman–Crippen MR) is 87.0 cm³/mol. The molecule has 0 bridgehead atoms. The number of benzene rings is 2. The molecule has 0 aliphatic carbocycles. The minimum atomic E-state index is 0.834. The van der Waals surface area contributed by atoms with Crippen LogP contribution >= 0.6 is 0 Å². The molecular formula is C18H23NO2. The molecule has 0 saturated carbocycles. The van der Waals surface area contributed by atoms with Crippen molar-refractivity contribution < 1.29 is 9.47 Å². The van der Waals surface area contributed by atoms with Gasteiger partial charge in [-0.3, -0.25) is 0 Å². The summed E-state index contributed by atoms with van der Waals surface area (Å²) in [7, 11) is 3.37. The van der Waals surface area contributed by atoms with Crippen LogP contribution in [0, 0.1) is 0 Å². The zero-order valence-electron chi connectivity index (χ0n) is 13.0. The summed E-state index contributed by atoms with van der Waals surface area (Å²) in [4.78, 5) is 0. The molecule has 2 aromatic rings. The van der Waals surface area contributed by atoms with Gasteiger partial charge in [0.2, 0.25) is 0 Å². The molecule has 0 fully saturated rings. The molecule has 0 aliphatic rings. The highest BCUT2D eigenvalue weighted by molar-refractivity contribution is 5.72. The van der Waals surface area contributed by atoms with Gasteiger partial charge in [-0.15, -0.1) is 0 Å². The van der Waals surface area contributed by atoms with Gasteiger partial charge in [-0.2, -0.15) is 0 Å². The van der Waals surface area contributed by atoms with E-state index in [1.165, 1.54) is 5.56 Å². The maximum atomic E-state index is 5.47. The van der Waals surface area contributed by atoms with Crippen LogP contribution in [0.2, 0.25) is 0 Å². The van der Waals surface area contributed by atoms with Gasteiger partial charge >= 0.3 is 0 Å². The highest BCUT2D eigenvalue weighted by Gasteiger charge is 2.08. The van der Waals surface area contributed by atoms with Crippen molar-refractivity contribution in [2.24, 2.45) is 0 Å². The van der Waals surface area contributed by atoms with Crippen LogP contribution in [0.15, 0.2) is 42.5 Å². The van der Waals surface area contributed by atoms with Crippen LogP contribution in [0.1, 0.15) is 18.9 Å². The Morgan fingerprint density at radius 3 is 2.57 bits per heavy atom. The Hall–Kier alpha value is -2.00. The molecule has 0 aromatic heterocycles. The number of rotatable bonds is 7. The van der Waals surface area contributed by atoms with Gasteiger partial charge in [-0.1, -0.05) is 25.1 Å². The van der Waals surface area contributed by atoms with E-state index in [-0.39, 0.29) is 0 Å². The molecule has 0 heterocycles.